The maximum absolute atomic E-state index is 12.2. The molecule has 0 bridgehead atoms. The molecule has 6 heteroatoms. The lowest BCUT2D eigenvalue weighted by Gasteiger charge is -2.12. The van der Waals surface area contributed by atoms with Gasteiger partial charge >= 0.3 is 0 Å². The van der Waals surface area contributed by atoms with Crippen LogP contribution in [-0.2, 0) is 0 Å². The number of ether oxygens (including phenoxy) is 1. The van der Waals surface area contributed by atoms with Gasteiger partial charge in [0.05, 0.1) is 18.3 Å². The van der Waals surface area contributed by atoms with Gasteiger partial charge in [0, 0.05) is 16.1 Å². The molecule has 0 aliphatic heterocycles. The van der Waals surface area contributed by atoms with Crippen molar-refractivity contribution in [3.8, 4) is 5.75 Å². The number of carbonyl (C=O) groups excluding carboxylic acids is 2. The first-order valence-electron chi connectivity index (χ1n) is 6.56. The molecule has 0 saturated heterocycles. The van der Waals surface area contributed by atoms with Crippen LogP contribution in [0, 0.1) is 0 Å². The van der Waals surface area contributed by atoms with Gasteiger partial charge in [-0.1, -0.05) is 17.7 Å². The van der Waals surface area contributed by atoms with Crippen LogP contribution >= 0.6 is 11.6 Å². The topological polar surface area (TPSA) is 78.5 Å². The second-order valence-electron chi connectivity index (χ2n) is 4.39. The fraction of sp³-hybridized carbons (Fsp3) is 0.125. The highest BCUT2D eigenvalue weighted by Gasteiger charge is 2.11. The van der Waals surface area contributed by atoms with Crippen LogP contribution in [0.1, 0.15) is 27.6 Å². The Balaban J connectivity index is 2.25. The molecule has 0 atom stereocenters. The minimum absolute atomic E-state index is 0.121. The van der Waals surface area contributed by atoms with Gasteiger partial charge in [-0.15, -0.1) is 0 Å². The van der Waals surface area contributed by atoms with E-state index in [4.69, 9.17) is 16.3 Å². The van der Waals surface area contributed by atoms with E-state index in [1.165, 1.54) is 18.2 Å². The molecule has 2 rings (SSSR count). The summed E-state index contributed by atoms with van der Waals surface area (Å²) in [6.07, 6.45) is 0. The van der Waals surface area contributed by atoms with Gasteiger partial charge in [0.25, 0.3) is 5.91 Å². The number of rotatable bonds is 5. The third kappa shape index (κ3) is 3.77. The number of halogens is 1. The van der Waals surface area contributed by atoms with Crippen LogP contribution in [0.2, 0.25) is 5.02 Å². The van der Waals surface area contributed by atoms with Crippen LogP contribution in [0.25, 0.3) is 0 Å². The number of amides is 1. The molecule has 0 spiro atoms. The van der Waals surface area contributed by atoms with Gasteiger partial charge in [-0.05, 0) is 43.3 Å². The standard InChI is InChI=1S/C16H14ClNO4/c1-2-22-12-5-3-4-10(8-12)15(19)18-14-7-6-11(17)9-13(14)16(20)21/h3-9H,2H2,1H3,(H,18,19)(H,20,21)/p-1. The molecule has 0 heterocycles. The molecule has 2 aromatic carbocycles. The third-order valence-corrected chi connectivity index (χ3v) is 3.09. The molecule has 2 aromatic rings. The molecule has 0 saturated carbocycles. The summed E-state index contributed by atoms with van der Waals surface area (Å²) < 4.78 is 5.32. The number of benzene rings is 2. The van der Waals surface area contributed by atoms with E-state index in [9.17, 15) is 14.7 Å². The summed E-state index contributed by atoms with van der Waals surface area (Å²) in [5.41, 5.74) is 0.295. The van der Waals surface area contributed by atoms with Gasteiger partial charge in [0.1, 0.15) is 5.75 Å². The summed E-state index contributed by atoms with van der Waals surface area (Å²) in [5.74, 6) is -1.31. The van der Waals surface area contributed by atoms with Crippen LogP contribution in [0.4, 0.5) is 5.69 Å². The van der Waals surface area contributed by atoms with Crippen molar-refractivity contribution in [2.45, 2.75) is 6.92 Å². The van der Waals surface area contributed by atoms with E-state index in [2.05, 4.69) is 5.32 Å². The van der Waals surface area contributed by atoms with Crippen molar-refractivity contribution in [2.75, 3.05) is 11.9 Å². The number of hydrogen-bond donors (Lipinski definition) is 1. The minimum atomic E-state index is -1.42. The Morgan fingerprint density at radius 3 is 2.68 bits per heavy atom. The molecule has 1 amide bonds. The summed E-state index contributed by atoms with van der Waals surface area (Å²) in [6, 6.07) is 10.7. The minimum Gasteiger partial charge on any atom is -0.545 e. The zero-order valence-electron chi connectivity index (χ0n) is 11.8. The summed E-state index contributed by atoms with van der Waals surface area (Å²) >= 11 is 5.75. The smallest absolute Gasteiger partial charge is 0.255 e. The number of carboxylic acids is 1. The Kier molecular flexibility index (Phi) is 5.01. The van der Waals surface area contributed by atoms with E-state index in [1.54, 1.807) is 24.3 Å². The molecule has 114 valence electrons. The van der Waals surface area contributed by atoms with E-state index in [0.717, 1.165) is 0 Å². The Bertz CT molecular complexity index is 715. The van der Waals surface area contributed by atoms with Crippen molar-refractivity contribution < 1.29 is 19.4 Å². The number of nitrogens with one attached hydrogen (secondary N) is 1. The highest BCUT2D eigenvalue weighted by atomic mass is 35.5. The van der Waals surface area contributed by atoms with Crippen molar-refractivity contribution in [1.29, 1.82) is 0 Å². The molecule has 22 heavy (non-hydrogen) atoms. The summed E-state index contributed by atoms with van der Waals surface area (Å²) in [6.45, 7) is 2.32. The summed E-state index contributed by atoms with van der Waals surface area (Å²) in [5, 5.41) is 13.9. The third-order valence-electron chi connectivity index (χ3n) is 2.86. The number of hydrogen-bond acceptors (Lipinski definition) is 4. The summed E-state index contributed by atoms with van der Waals surface area (Å²) in [7, 11) is 0. The average Bonchev–Trinajstić information content (AvgIpc) is 2.49. The van der Waals surface area contributed by atoms with Crippen molar-refractivity contribution in [1.82, 2.24) is 0 Å². The van der Waals surface area contributed by atoms with E-state index in [1.807, 2.05) is 6.92 Å². The van der Waals surface area contributed by atoms with Gasteiger partial charge < -0.3 is 20.0 Å². The Labute approximate surface area is 132 Å². The first kappa shape index (κ1) is 15.9. The van der Waals surface area contributed by atoms with E-state index in [0.29, 0.717) is 17.9 Å². The molecule has 0 unspecified atom stereocenters. The fourth-order valence-corrected chi connectivity index (χ4v) is 2.05. The van der Waals surface area contributed by atoms with Crippen molar-refractivity contribution in [3.05, 3.63) is 58.6 Å². The monoisotopic (exact) mass is 318 g/mol. The molecule has 5 nitrogen and oxygen atoms in total. The molecule has 0 fully saturated rings. The van der Waals surface area contributed by atoms with Crippen LogP contribution < -0.4 is 15.2 Å². The highest BCUT2D eigenvalue weighted by molar-refractivity contribution is 6.31. The maximum atomic E-state index is 12.2. The average molecular weight is 319 g/mol. The SMILES string of the molecule is CCOc1cccc(C(=O)Nc2ccc(Cl)cc2C(=O)[O-])c1. The van der Waals surface area contributed by atoms with Crippen molar-refractivity contribution >= 4 is 29.2 Å². The molecular formula is C16H13ClNO4-. The van der Waals surface area contributed by atoms with Crippen LogP contribution in [0.3, 0.4) is 0 Å². The van der Waals surface area contributed by atoms with Crippen LogP contribution in [-0.4, -0.2) is 18.5 Å². The zero-order chi connectivity index (χ0) is 16.1. The number of carboxylic acid groups (broad SMARTS) is 1. The van der Waals surface area contributed by atoms with Gasteiger partial charge in [0.2, 0.25) is 0 Å². The van der Waals surface area contributed by atoms with E-state index < -0.39 is 11.9 Å². The fourth-order valence-electron chi connectivity index (χ4n) is 1.88. The molecule has 1 N–H and O–H groups in total. The van der Waals surface area contributed by atoms with Gasteiger partial charge in [-0.25, -0.2) is 0 Å². The maximum Gasteiger partial charge on any atom is 0.255 e. The number of anilines is 1. The largest absolute Gasteiger partial charge is 0.545 e. The Hall–Kier alpha value is -2.53. The second kappa shape index (κ2) is 6.95. The van der Waals surface area contributed by atoms with E-state index in [-0.39, 0.29) is 16.3 Å². The molecule has 0 radical (unpaired) electrons. The Morgan fingerprint density at radius 2 is 2.00 bits per heavy atom. The molecule has 0 aliphatic carbocycles. The predicted octanol–water partition coefficient (Wildman–Crippen LogP) is 2.35. The summed E-state index contributed by atoms with van der Waals surface area (Å²) in [4.78, 5) is 23.3. The number of carbonyl (C=O) groups is 2. The molecule has 0 aromatic heterocycles. The first-order valence-corrected chi connectivity index (χ1v) is 6.94. The van der Waals surface area contributed by atoms with Gasteiger partial charge in [-0.2, -0.15) is 0 Å². The Morgan fingerprint density at radius 1 is 1.23 bits per heavy atom. The predicted molar refractivity (Wildman–Crippen MR) is 81.3 cm³/mol. The lowest BCUT2D eigenvalue weighted by Crippen LogP contribution is -2.25. The van der Waals surface area contributed by atoms with Crippen LogP contribution in [0.15, 0.2) is 42.5 Å². The van der Waals surface area contributed by atoms with Crippen molar-refractivity contribution in [2.24, 2.45) is 0 Å². The second-order valence-corrected chi connectivity index (χ2v) is 4.83. The highest BCUT2D eigenvalue weighted by Crippen LogP contribution is 2.21. The van der Waals surface area contributed by atoms with Gasteiger partial charge in [-0.3, -0.25) is 4.79 Å². The molecular weight excluding hydrogens is 306 g/mol. The van der Waals surface area contributed by atoms with E-state index >= 15 is 0 Å². The van der Waals surface area contributed by atoms with Gasteiger partial charge in [0.15, 0.2) is 0 Å². The lowest BCUT2D eigenvalue weighted by molar-refractivity contribution is -0.254. The van der Waals surface area contributed by atoms with Crippen molar-refractivity contribution in [3.63, 3.8) is 0 Å². The number of aromatic carboxylic acids is 1. The normalized spacial score (nSPS) is 10.1. The quantitative estimate of drug-likeness (QED) is 0.918. The first-order chi connectivity index (χ1) is 10.5. The zero-order valence-corrected chi connectivity index (χ0v) is 12.5. The van der Waals surface area contributed by atoms with Crippen LogP contribution in [0.5, 0.6) is 5.75 Å². The molecule has 0 aliphatic rings. The lowest BCUT2D eigenvalue weighted by atomic mass is 10.1.